The average Bonchev–Trinajstić information content (AvgIpc) is 3.32. The van der Waals surface area contributed by atoms with E-state index in [1.54, 1.807) is 9.13 Å². The number of nitrogens with one attached hydrogen (secondary N) is 1. The molecule has 3 aromatic rings. The van der Waals surface area contributed by atoms with Gasteiger partial charge in [-0.05, 0) is 43.5 Å². The lowest BCUT2D eigenvalue weighted by molar-refractivity contribution is -0.116. The van der Waals surface area contributed by atoms with Crippen LogP contribution in [0.1, 0.15) is 26.2 Å². The molecule has 0 radical (unpaired) electrons. The van der Waals surface area contributed by atoms with Crippen molar-refractivity contribution in [2.45, 2.75) is 39.3 Å². The minimum Gasteiger partial charge on any atom is -0.370 e. The molecule has 6 nitrogen and oxygen atoms in total. The van der Waals surface area contributed by atoms with Crippen molar-refractivity contribution in [3.05, 3.63) is 59.0 Å². The number of hydrogen-bond acceptors (Lipinski definition) is 3. The summed E-state index contributed by atoms with van der Waals surface area (Å²) in [5.74, 6) is -0.187. The van der Waals surface area contributed by atoms with Crippen LogP contribution < -0.4 is 15.9 Å². The molecule has 1 aromatic heterocycles. The van der Waals surface area contributed by atoms with Crippen LogP contribution in [0.15, 0.2) is 53.3 Å². The second kappa shape index (κ2) is 7.92. The lowest BCUT2D eigenvalue weighted by atomic mass is 10.2. The van der Waals surface area contributed by atoms with E-state index in [4.69, 9.17) is 0 Å². The van der Waals surface area contributed by atoms with E-state index < -0.39 is 0 Å². The predicted octanol–water partition coefficient (Wildman–Crippen LogP) is 3.45. The number of para-hydroxylation sites is 4. The van der Waals surface area contributed by atoms with Crippen LogP contribution in [-0.2, 0) is 17.9 Å². The van der Waals surface area contributed by atoms with Crippen LogP contribution in [0, 0.1) is 0 Å². The molecule has 0 atom stereocenters. The van der Waals surface area contributed by atoms with Crippen LogP contribution in [0.25, 0.3) is 11.0 Å². The smallest absolute Gasteiger partial charge is 0.329 e. The maximum absolute atomic E-state index is 12.9. The van der Waals surface area contributed by atoms with Crippen molar-refractivity contribution in [3.63, 3.8) is 0 Å². The Morgan fingerprint density at radius 3 is 2.32 bits per heavy atom. The third kappa shape index (κ3) is 3.42. The standard InChI is InChI=1S/C22H26N4O2/c1-2-13-25-19-11-5-6-12-20(19)26(22(25)28)16-21(27)23-17-9-3-4-10-18(17)24-14-7-8-15-24/h3-6,9-12H,2,7-8,13-16H2,1H3,(H,23,27). The Hall–Kier alpha value is -3.02. The summed E-state index contributed by atoms with van der Waals surface area (Å²) in [7, 11) is 0. The van der Waals surface area contributed by atoms with Gasteiger partial charge < -0.3 is 10.2 Å². The van der Waals surface area contributed by atoms with Crippen LogP contribution in [0.2, 0.25) is 0 Å². The van der Waals surface area contributed by atoms with Crippen LogP contribution in [0.3, 0.4) is 0 Å². The van der Waals surface area contributed by atoms with E-state index in [0.29, 0.717) is 6.54 Å². The Morgan fingerprint density at radius 2 is 1.61 bits per heavy atom. The fourth-order valence-electron chi connectivity index (χ4n) is 4.01. The molecule has 146 valence electrons. The maximum Gasteiger partial charge on any atom is 0.329 e. The summed E-state index contributed by atoms with van der Waals surface area (Å²) >= 11 is 0. The number of hydrogen-bond donors (Lipinski definition) is 1. The zero-order valence-corrected chi connectivity index (χ0v) is 16.2. The highest BCUT2D eigenvalue weighted by Crippen LogP contribution is 2.28. The molecule has 0 bridgehead atoms. The predicted molar refractivity (Wildman–Crippen MR) is 113 cm³/mol. The van der Waals surface area contributed by atoms with Gasteiger partial charge in [0.1, 0.15) is 6.54 Å². The Kier molecular flexibility index (Phi) is 5.19. The van der Waals surface area contributed by atoms with E-state index in [0.717, 1.165) is 41.9 Å². The van der Waals surface area contributed by atoms with Gasteiger partial charge in [0.15, 0.2) is 0 Å². The van der Waals surface area contributed by atoms with Crippen LogP contribution in [0.5, 0.6) is 0 Å². The van der Waals surface area contributed by atoms with Crippen molar-refractivity contribution in [1.29, 1.82) is 0 Å². The summed E-state index contributed by atoms with van der Waals surface area (Å²) in [6.07, 6.45) is 3.21. The molecular weight excluding hydrogens is 352 g/mol. The number of carbonyl (C=O) groups excluding carboxylic acids is 1. The van der Waals surface area contributed by atoms with Crippen molar-refractivity contribution < 1.29 is 4.79 Å². The van der Waals surface area contributed by atoms with Crippen LogP contribution in [-0.4, -0.2) is 28.1 Å². The Balaban J connectivity index is 1.60. The summed E-state index contributed by atoms with van der Waals surface area (Å²) in [6.45, 7) is 4.71. The van der Waals surface area contributed by atoms with Crippen molar-refractivity contribution in [2.24, 2.45) is 0 Å². The van der Waals surface area contributed by atoms with Gasteiger partial charge in [-0.3, -0.25) is 13.9 Å². The molecule has 1 N–H and O–H groups in total. The van der Waals surface area contributed by atoms with Gasteiger partial charge >= 0.3 is 5.69 Å². The minimum absolute atomic E-state index is 0.00436. The summed E-state index contributed by atoms with van der Waals surface area (Å²) in [6, 6.07) is 15.5. The maximum atomic E-state index is 12.9. The molecule has 1 fully saturated rings. The number of fused-ring (bicyclic) bond motifs is 1. The van der Waals surface area contributed by atoms with Crippen molar-refractivity contribution >= 4 is 28.3 Å². The molecular formula is C22H26N4O2. The van der Waals surface area contributed by atoms with E-state index >= 15 is 0 Å². The second-order valence-corrected chi connectivity index (χ2v) is 7.27. The van der Waals surface area contributed by atoms with Crippen LogP contribution in [0.4, 0.5) is 11.4 Å². The lowest BCUT2D eigenvalue weighted by Crippen LogP contribution is -2.30. The molecule has 2 heterocycles. The molecule has 1 saturated heterocycles. The molecule has 0 saturated carbocycles. The number of aryl methyl sites for hydroxylation is 1. The van der Waals surface area contributed by atoms with Gasteiger partial charge in [-0.15, -0.1) is 0 Å². The Labute approximate surface area is 164 Å². The van der Waals surface area contributed by atoms with Gasteiger partial charge in [-0.25, -0.2) is 4.79 Å². The second-order valence-electron chi connectivity index (χ2n) is 7.27. The number of anilines is 2. The highest BCUT2D eigenvalue weighted by Gasteiger charge is 2.18. The van der Waals surface area contributed by atoms with E-state index in [2.05, 4.69) is 10.2 Å². The largest absolute Gasteiger partial charge is 0.370 e. The molecule has 2 aromatic carbocycles. The van der Waals surface area contributed by atoms with E-state index in [9.17, 15) is 9.59 Å². The van der Waals surface area contributed by atoms with Gasteiger partial charge in [0.2, 0.25) is 5.91 Å². The average molecular weight is 378 g/mol. The number of benzene rings is 2. The van der Waals surface area contributed by atoms with E-state index in [-0.39, 0.29) is 18.1 Å². The first-order valence-corrected chi connectivity index (χ1v) is 10.0. The third-order valence-corrected chi connectivity index (χ3v) is 5.30. The van der Waals surface area contributed by atoms with E-state index in [1.807, 2.05) is 55.5 Å². The molecule has 1 aliphatic rings. The van der Waals surface area contributed by atoms with E-state index in [1.165, 1.54) is 12.8 Å². The SMILES string of the molecule is CCCn1c(=O)n(CC(=O)Nc2ccccc2N2CCCC2)c2ccccc21. The fourth-order valence-corrected chi connectivity index (χ4v) is 4.01. The monoisotopic (exact) mass is 378 g/mol. The molecule has 6 heteroatoms. The van der Waals surface area contributed by atoms with Gasteiger partial charge in [-0.2, -0.15) is 0 Å². The van der Waals surface area contributed by atoms with Gasteiger partial charge in [0.25, 0.3) is 0 Å². The summed E-state index contributed by atoms with van der Waals surface area (Å²) in [4.78, 5) is 28.0. The van der Waals surface area contributed by atoms with Gasteiger partial charge in [0.05, 0.1) is 22.4 Å². The number of nitrogens with zero attached hydrogens (tertiary/aromatic N) is 3. The molecule has 0 aliphatic carbocycles. The number of imidazole rings is 1. The topological polar surface area (TPSA) is 59.3 Å². The number of aromatic nitrogens is 2. The lowest BCUT2D eigenvalue weighted by Gasteiger charge is -2.21. The number of carbonyl (C=O) groups is 1. The summed E-state index contributed by atoms with van der Waals surface area (Å²) in [5, 5.41) is 3.02. The Morgan fingerprint density at radius 1 is 0.964 bits per heavy atom. The van der Waals surface area contributed by atoms with Crippen molar-refractivity contribution in [3.8, 4) is 0 Å². The van der Waals surface area contributed by atoms with Crippen LogP contribution >= 0.6 is 0 Å². The molecule has 1 amide bonds. The normalized spacial score (nSPS) is 14.0. The first-order chi connectivity index (χ1) is 13.7. The van der Waals surface area contributed by atoms with Crippen molar-refractivity contribution in [2.75, 3.05) is 23.3 Å². The number of rotatable bonds is 6. The minimum atomic E-state index is -0.187. The first-order valence-electron chi connectivity index (χ1n) is 10.0. The number of amides is 1. The van der Waals surface area contributed by atoms with Crippen molar-refractivity contribution in [1.82, 2.24) is 9.13 Å². The molecule has 28 heavy (non-hydrogen) atoms. The zero-order chi connectivity index (χ0) is 19.5. The highest BCUT2D eigenvalue weighted by atomic mass is 16.2. The quantitative estimate of drug-likeness (QED) is 0.715. The molecule has 4 rings (SSSR count). The zero-order valence-electron chi connectivity index (χ0n) is 16.2. The summed E-state index contributed by atoms with van der Waals surface area (Å²) in [5.41, 5.74) is 3.39. The fraction of sp³-hybridized carbons (Fsp3) is 0.364. The van der Waals surface area contributed by atoms with Gasteiger partial charge in [0, 0.05) is 19.6 Å². The van der Waals surface area contributed by atoms with Gasteiger partial charge in [-0.1, -0.05) is 31.2 Å². The molecule has 1 aliphatic heterocycles. The summed E-state index contributed by atoms with van der Waals surface area (Å²) < 4.78 is 3.32. The Bertz CT molecular complexity index is 1040. The first kappa shape index (κ1) is 18.3. The third-order valence-electron chi connectivity index (χ3n) is 5.30. The highest BCUT2D eigenvalue weighted by molar-refractivity contribution is 5.95. The molecule has 0 unspecified atom stereocenters. The molecule has 0 spiro atoms.